The second-order valence-corrected chi connectivity index (χ2v) is 18.2. The molecule has 3 aliphatic heterocycles. The summed E-state index contributed by atoms with van der Waals surface area (Å²) in [4.78, 5) is 117. The number of cyclic esters (lactones) is 1. The minimum Gasteiger partial charge on any atom is -0.458 e. The number of rotatable bonds is 18. The molecule has 5 heterocycles. The van der Waals surface area contributed by atoms with Crippen LogP contribution in [-0.4, -0.2) is 118 Å². The highest BCUT2D eigenvalue weighted by molar-refractivity contribution is 7.81. The maximum Gasteiger partial charge on any atom is 0.340 e. The number of carbonyl (C=O) groups is 8. The molecule has 0 spiro atoms. The van der Waals surface area contributed by atoms with Gasteiger partial charge in [0.25, 0.3) is 5.56 Å². The van der Waals surface area contributed by atoms with E-state index in [4.69, 9.17) is 14.5 Å². The molecule has 20 nitrogen and oxygen atoms in total. The molecule has 1 saturated heterocycles. The van der Waals surface area contributed by atoms with Crippen molar-refractivity contribution >= 4 is 70.9 Å². The zero-order valence-corrected chi connectivity index (χ0v) is 42.1. The summed E-state index contributed by atoms with van der Waals surface area (Å²) in [7, 11) is 0. The Kier molecular flexibility index (Phi) is 19.4. The average Bonchev–Trinajstić information content (AvgIpc) is 3.87. The third-order valence-corrected chi connectivity index (χ3v) is 13.1. The van der Waals surface area contributed by atoms with E-state index < -0.39 is 72.0 Å². The molecule has 73 heavy (non-hydrogen) atoms. The summed E-state index contributed by atoms with van der Waals surface area (Å²) in [5, 5.41) is 22.7. The number of fused-ring (bicyclic) bond motifs is 5. The number of nitrogens with one attached hydrogen (secondary N) is 5. The van der Waals surface area contributed by atoms with Crippen molar-refractivity contribution in [1.29, 1.82) is 0 Å². The van der Waals surface area contributed by atoms with Crippen molar-refractivity contribution < 1.29 is 57.3 Å². The maximum absolute atomic E-state index is 15.2. The molecule has 22 heteroatoms. The van der Waals surface area contributed by atoms with Crippen LogP contribution in [0.2, 0.25) is 0 Å². The molecule has 0 saturated carbocycles. The van der Waals surface area contributed by atoms with Gasteiger partial charge in [-0.1, -0.05) is 56.2 Å². The second kappa shape index (κ2) is 25.6. The van der Waals surface area contributed by atoms with Gasteiger partial charge in [-0.15, -0.1) is 0 Å². The molecule has 4 aromatic rings. The zero-order chi connectivity index (χ0) is 52.9. The van der Waals surface area contributed by atoms with E-state index in [1.54, 1.807) is 13.0 Å². The summed E-state index contributed by atoms with van der Waals surface area (Å²) in [6, 6.07) is 13.2. The Morgan fingerprint density at radius 1 is 0.836 bits per heavy atom. The first-order chi connectivity index (χ1) is 35.0. The summed E-state index contributed by atoms with van der Waals surface area (Å²) >= 11 is 4.08. The predicted octanol–water partition coefficient (Wildman–Crippen LogP) is 2.19. The first-order valence-electron chi connectivity index (χ1n) is 24.2. The van der Waals surface area contributed by atoms with Gasteiger partial charge in [0, 0.05) is 47.9 Å². The average molecular weight is 1030 g/mol. The number of carbonyl (C=O) groups excluding carboxylic acids is 8. The van der Waals surface area contributed by atoms with Crippen molar-refractivity contribution in [2.45, 2.75) is 103 Å². The number of hydrogen-bond acceptors (Lipinski definition) is 14. The second-order valence-electron chi connectivity index (χ2n) is 17.6. The van der Waals surface area contributed by atoms with Crippen LogP contribution in [0.4, 0.5) is 4.39 Å². The Morgan fingerprint density at radius 2 is 1.47 bits per heavy atom. The number of likely N-dealkylation sites (tertiary alicyclic amines) is 1. The fourth-order valence-corrected chi connectivity index (χ4v) is 9.21. The van der Waals surface area contributed by atoms with Gasteiger partial charge in [0.1, 0.15) is 19.2 Å². The van der Waals surface area contributed by atoms with Crippen LogP contribution in [0.1, 0.15) is 103 Å². The van der Waals surface area contributed by atoms with Crippen LogP contribution in [0.15, 0.2) is 47.3 Å². The summed E-state index contributed by atoms with van der Waals surface area (Å²) in [5.41, 5.74) is 5.31. The Balaban J connectivity index is 0.000000880. The minimum atomic E-state index is -1.63. The summed E-state index contributed by atoms with van der Waals surface area (Å²) in [6.45, 7) is 6.11. The number of esters is 1. The van der Waals surface area contributed by atoms with Crippen molar-refractivity contribution in [3.8, 4) is 11.4 Å². The van der Waals surface area contributed by atoms with E-state index in [9.17, 15) is 48.3 Å². The van der Waals surface area contributed by atoms with Gasteiger partial charge in [0.2, 0.25) is 41.4 Å². The molecular weight excluding hydrogens is 968 g/mol. The van der Waals surface area contributed by atoms with Crippen LogP contribution in [0.3, 0.4) is 0 Å². The molecule has 2 aromatic heterocycles. The van der Waals surface area contributed by atoms with Crippen LogP contribution >= 0.6 is 12.6 Å². The number of aromatic nitrogens is 2. The van der Waals surface area contributed by atoms with Gasteiger partial charge in [0.15, 0.2) is 6.10 Å². The first kappa shape index (κ1) is 55.3. The molecule has 4 aliphatic rings. The number of nitrogens with zero attached hydrogens (tertiary/aromatic N) is 3. The highest BCUT2D eigenvalue weighted by Gasteiger charge is 2.38. The third kappa shape index (κ3) is 13.5. The van der Waals surface area contributed by atoms with Crippen molar-refractivity contribution in [1.82, 2.24) is 41.0 Å². The molecule has 8 rings (SSSR count). The number of amides is 7. The maximum atomic E-state index is 15.2. The molecule has 2 aromatic carbocycles. The van der Waals surface area contributed by atoms with Crippen LogP contribution in [0.25, 0.3) is 22.3 Å². The number of pyridine rings is 2. The van der Waals surface area contributed by atoms with Crippen LogP contribution < -0.4 is 32.1 Å². The number of aliphatic hydroxyl groups is 1. The van der Waals surface area contributed by atoms with E-state index in [2.05, 4.69) is 58.3 Å². The molecular formula is C51H61FN8O12S. The molecule has 6 N–H and O–H groups in total. The van der Waals surface area contributed by atoms with Crippen molar-refractivity contribution in [3.63, 3.8) is 0 Å². The molecule has 1 fully saturated rings. The zero-order valence-electron chi connectivity index (χ0n) is 41.2. The Bertz CT molecular complexity index is 2840. The highest BCUT2D eigenvalue weighted by atomic mass is 32.1. The van der Waals surface area contributed by atoms with Crippen molar-refractivity contribution in [2.24, 2.45) is 0 Å². The van der Waals surface area contributed by atoms with E-state index in [1.165, 1.54) is 21.1 Å². The molecule has 1 aliphatic carbocycles. The van der Waals surface area contributed by atoms with E-state index in [0.717, 1.165) is 22.1 Å². The first-order valence-corrected chi connectivity index (χ1v) is 24.7. The number of aliphatic hydroxyl groups excluding tert-OH is 1. The number of hydrogen-bond donors (Lipinski definition) is 7. The van der Waals surface area contributed by atoms with Gasteiger partial charge in [0.05, 0.1) is 67.0 Å². The smallest absolute Gasteiger partial charge is 0.340 e. The van der Waals surface area contributed by atoms with E-state index >= 15 is 4.39 Å². The SMILES string of the molecule is CC.Cc1c(F)cc2nc3c(c4c2c1CCC4COCNC(=O)CNC(=O)CNC(=O)CNC(=O)CNC(=O)CCCCCN1C(=O)CC(S)C1=O)Cn1c-3cc2c(c1=O)COC(=O)C2O.Cc1ccccc1. The largest absolute Gasteiger partial charge is 0.458 e. The number of unbranched alkanes of at least 4 members (excludes halogenated alkanes) is 2. The third-order valence-electron chi connectivity index (χ3n) is 12.7. The Hall–Kier alpha value is -7.04. The van der Waals surface area contributed by atoms with Gasteiger partial charge < -0.3 is 45.7 Å². The summed E-state index contributed by atoms with van der Waals surface area (Å²) in [6.07, 6.45) is 1.28. The molecule has 0 radical (unpaired) electrons. The van der Waals surface area contributed by atoms with E-state index in [1.807, 2.05) is 32.0 Å². The molecule has 3 unspecified atom stereocenters. The predicted molar refractivity (Wildman–Crippen MR) is 267 cm³/mol. The lowest BCUT2D eigenvalue weighted by Gasteiger charge is -2.29. The van der Waals surface area contributed by atoms with Gasteiger partial charge in [-0.05, 0) is 62.3 Å². The number of aryl methyl sites for hydroxylation is 2. The van der Waals surface area contributed by atoms with Crippen LogP contribution in [0, 0.1) is 19.7 Å². The standard InChI is InChI=1S/C42H47FN8O12S.C7H8.C2H6/c1-20-22-7-6-21(36-24-16-51-28(38(24)49-27(37(22)36)10-26(20)43)9-23-25(40(51)59)18-63-42(61)39(23)58)17-62-19-48-34(56)15-47-33(55)14-46-32(54)13-45-31(53)12-44-30(52)5-3-2-4-8-50-35(57)11-29(64)41(50)60;1-7-5-3-2-4-6-7;1-2/h9-10,21,29,39,58,64H,2-8,11-19H2,1H3,(H,44,52)(H,45,53)(H,46,54)(H,47,55)(H,48,56);2-6H,1H3;1-2H3. The van der Waals surface area contributed by atoms with Crippen LogP contribution in [-0.2, 0) is 67.4 Å². The number of halogens is 1. The van der Waals surface area contributed by atoms with Crippen LogP contribution in [0.5, 0.6) is 0 Å². The fourth-order valence-electron chi connectivity index (χ4n) is 8.92. The molecule has 7 amide bonds. The lowest BCUT2D eigenvalue weighted by molar-refractivity contribution is -0.157. The normalized spacial score (nSPS) is 16.9. The molecule has 390 valence electrons. The number of benzene rings is 2. The number of thiol groups is 1. The topological polar surface area (TPSA) is 274 Å². The lowest BCUT2D eigenvalue weighted by atomic mass is 9.78. The summed E-state index contributed by atoms with van der Waals surface area (Å²) < 4.78 is 27.6. The quantitative estimate of drug-likeness (QED) is 0.0218. The van der Waals surface area contributed by atoms with Crippen molar-refractivity contribution in [3.05, 3.63) is 97.6 Å². The Labute approximate surface area is 425 Å². The fraction of sp³-hybridized carbons (Fsp3) is 0.451. The van der Waals surface area contributed by atoms with E-state index in [0.29, 0.717) is 54.6 Å². The monoisotopic (exact) mass is 1030 g/mol. The molecule has 0 bridgehead atoms. The Morgan fingerprint density at radius 3 is 2.07 bits per heavy atom. The number of imide groups is 1. The van der Waals surface area contributed by atoms with Crippen molar-refractivity contribution in [2.75, 3.05) is 46.1 Å². The lowest BCUT2D eigenvalue weighted by Crippen LogP contribution is -2.45. The van der Waals surface area contributed by atoms with Gasteiger partial charge in [-0.25, -0.2) is 14.2 Å². The summed E-state index contributed by atoms with van der Waals surface area (Å²) in [5.74, 6) is -5.05. The van der Waals surface area contributed by atoms with E-state index in [-0.39, 0.29) is 87.2 Å². The highest BCUT2D eigenvalue weighted by Crippen LogP contribution is 2.46. The number of ether oxygens (including phenoxy) is 2. The van der Waals surface area contributed by atoms with Gasteiger partial charge in [-0.3, -0.25) is 43.3 Å². The van der Waals surface area contributed by atoms with Gasteiger partial charge in [-0.2, -0.15) is 12.6 Å². The molecule has 3 atom stereocenters. The van der Waals surface area contributed by atoms with Gasteiger partial charge >= 0.3 is 5.97 Å². The minimum absolute atomic E-state index is 0.0834.